The van der Waals surface area contributed by atoms with Crippen LogP contribution in [-0.4, -0.2) is 23.2 Å². The molecule has 0 aliphatic rings. The van der Waals surface area contributed by atoms with E-state index in [9.17, 15) is 9.18 Å². The molecule has 3 aromatic rings. The lowest BCUT2D eigenvalue weighted by Crippen LogP contribution is -2.30. The molecule has 6 nitrogen and oxygen atoms in total. The molecule has 1 amide bonds. The monoisotopic (exact) mass is 369 g/mol. The van der Waals surface area contributed by atoms with Crippen LogP contribution >= 0.6 is 0 Å². The van der Waals surface area contributed by atoms with Gasteiger partial charge in [0.1, 0.15) is 11.6 Å². The van der Waals surface area contributed by atoms with Crippen molar-refractivity contribution in [3.05, 3.63) is 65.8 Å². The summed E-state index contributed by atoms with van der Waals surface area (Å²) in [6.07, 6.45) is 0.319. The second-order valence-corrected chi connectivity index (χ2v) is 6.15. The lowest BCUT2D eigenvalue weighted by atomic mass is 10.00. The van der Waals surface area contributed by atoms with Crippen molar-refractivity contribution in [2.75, 3.05) is 7.11 Å². The summed E-state index contributed by atoms with van der Waals surface area (Å²) in [4.78, 5) is 16.5. The van der Waals surface area contributed by atoms with Gasteiger partial charge >= 0.3 is 0 Å². The quantitative estimate of drug-likeness (QED) is 0.691. The van der Waals surface area contributed by atoms with E-state index in [0.29, 0.717) is 23.7 Å². The summed E-state index contributed by atoms with van der Waals surface area (Å²) in [5, 5.41) is 6.66. The standard InChI is InChI=1S/C20H20FN3O3/c1-13(11-15-5-3-4-6-17(15)21)20(25)22-12-18-23-19(24-27-18)14-7-9-16(26-2)10-8-14/h3-10,13H,11-12H2,1-2H3,(H,22,25). The zero-order valence-electron chi connectivity index (χ0n) is 15.1. The number of rotatable bonds is 7. The van der Waals surface area contributed by atoms with Crippen molar-refractivity contribution in [3.8, 4) is 17.1 Å². The Hall–Kier alpha value is -3.22. The number of carbonyl (C=O) groups excluding carboxylic acids is 1. The molecule has 1 atom stereocenters. The van der Waals surface area contributed by atoms with Gasteiger partial charge in [0.2, 0.25) is 17.6 Å². The summed E-state index contributed by atoms with van der Waals surface area (Å²) in [6, 6.07) is 13.7. The molecular formula is C20H20FN3O3. The normalized spacial score (nSPS) is 11.8. The minimum atomic E-state index is -0.383. The van der Waals surface area contributed by atoms with Crippen molar-refractivity contribution in [1.82, 2.24) is 15.5 Å². The summed E-state index contributed by atoms with van der Waals surface area (Å²) in [5.74, 6) is 0.568. The van der Waals surface area contributed by atoms with E-state index in [-0.39, 0.29) is 24.2 Å². The number of nitrogens with one attached hydrogen (secondary N) is 1. The maximum absolute atomic E-state index is 13.7. The number of amides is 1. The Bertz CT molecular complexity index is 909. The van der Waals surface area contributed by atoms with Crippen molar-refractivity contribution in [3.63, 3.8) is 0 Å². The molecular weight excluding hydrogens is 349 g/mol. The molecule has 0 bridgehead atoms. The van der Waals surface area contributed by atoms with Gasteiger partial charge in [-0.2, -0.15) is 4.98 Å². The molecule has 1 N–H and O–H groups in total. The van der Waals surface area contributed by atoms with E-state index in [1.807, 2.05) is 12.1 Å². The summed E-state index contributed by atoms with van der Waals surface area (Å²) in [7, 11) is 1.59. The number of nitrogens with zero attached hydrogens (tertiary/aromatic N) is 2. The van der Waals surface area contributed by atoms with E-state index >= 15 is 0 Å². The van der Waals surface area contributed by atoms with E-state index in [4.69, 9.17) is 9.26 Å². The van der Waals surface area contributed by atoms with E-state index in [2.05, 4.69) is 15.5 Å². The van der Waals surface area contributed by atoms with Crippen LogP contribution in [0.15, 0.2) is 53.1 Å². The predicted molar refractivity (Wildman–Crippen MR) is 97.4 cm³/mol. The second-order valence-electron chi connectivity index (χ2n) is 6.15. The minimum absolute atomic E-state index is 0.115. The third-order valence-corrected chi connectivity index (χ3v) is 4.16. The van der Waals surface area contributed by atoms with Crippen LogP contribution in [0, 0.1) is 11.7 Å². The lowest BCUT2D eigenvalue weighted by molar-refractivity contribution is -0.124. The van der Waals surface area contributed by atoms with Gasteiger partial charge in [0.05, 0.1) is 13.7 Å². The lowest BCUT2D eigenvalue weighted by Gasteiger charge is -2.11. The van der Waals surface area contributed by atoms with Gasteiger partial charge in [0, 0.05) is 11.5 Å². The fourth-order valence-electron chi connectivity index (χ4n) is 2.61. The van der Waals surface area contributed by atoms with E-state index in [1.54, 1.807) is 44.4 Å². The third kappa shape index (κ3) is 4.69. The van der Waals surface area contributed by atoms with Crippen LogP contribution < -0.4 is 10.1 Å². The topological polar surface area (TPSA) is 77.3 Å². The molecule has 0 saturated heterocycles. The van der Waals surface area contributed by atoms with Gasteiger partial charge in [-0.25, -0.2) is 4.39 Å². The highest BCUT2D eigenvalue weighted by atomic mass is 19.1. The number of hydrogen-bond donors (Lipinski definition) is 1. The van der Waals surface area contributed by atoms with E-state index < -0.39 is 0 Å². The number of carbonyl (C=O) groups is 1. The maximum Gasteiger partial charge on any atom is 0.246 e. The molecule has 1 aromatic heterocycles. The van der Waals surface area contributed by atoms with E-state index in [0.717, 1.165) is 11.3 Å². The zero-order valence-corrected chi connectivity index (χ0v) is 15.1. The molecule has 0 radical (unpaired) electrons. The van der Waals surface area contributed by atoms with Crippen LogP contribution in [0.5, 0.6) is 5.75 Å². The first-order valence-electron chi connectivity index (χ1n) is 8.55. The van der Waals surface area contributed by atoms with Crippen LogP contribution in [0.2, 0.25) is 0 Å². The molecule has 140 valence electrons. The third-order valence-electron chi connectivity index (χ3n) is 4.16. The Balaban J connectivity index is 1.56. The first-order valence-corrected chi connectivity index (χ1v) is 8.55. The summed E-state index contributed by atoms with van der Waals surface area (Å²) < 4.78 is 24.0. The van der Waals surface area contributed by atoms with Crippen molar-refractivity contribution in [2.45, 2.75) is 19.9 Å². The Morgan fingerprint density at radius 1 is 1.22 bits per heavy atom. The molecule has 1 unspecified atom stereocenters. The van der Waals surface area contributed by atoms with Crippen LogP contribution in [0.4, 0.5) is 4.39 Å². The van der Waals surface area contributed by atoms with Crippen LogP contribution in [0.25, 0.3) is 11.4 Å². The molecule has 0 spiro atoms. The van der Waals surface area contributed by atoms with Gasteiger partial charge in [-0.15, -0.1) is 0 Å². The summed E-state index contributed by atoms with van der Waals surface area (Å²) in [5.41, 5.74) is 1.30. The van der Waals surface area contributed by atoms with Crippen molar-refractivity contribution in [2.24, 2.45) is 5.92 Å². The molecule has 0 fully saturated rings. The molecule has 2 aromatic carbocycles. The molecule has 0 aliphatic carbocycles. The highest BCUT2D eigenvalue weighted by molar-refractivity contribution is 5.78. The number of hydrogen-bond acceptors (Lipinski definition) is 5. The fourth-order valence-corrected chi connectivity index (χ4v) is 2.61. The van der Waals surface area contributed by atoms with Gasteiger partial charge < -0.3 is 14.6 Å². The first kappa shape index (κ1) is 18.6. The van der Waals surface area contributed by atoms with Gasteiger partial charge in [0.15, 0.2) is 0 Å². The van der Waals surface area contributed by atoms with Gasteiger partial charge in [-0.3, -0.25) is 4.79 Å². The van der Waals surface area contributed by atoms with Gasteiger partial charge in [0.25, 0.3) is 0 Å². The SMILES string of the molecule is COc1ccc(-c2noc(CNC(=O)C(C)Cc3ccccc3F)n2)cc1. The maximum atomic E-state index is 13.7. The summed E-state index contributed by atoms with van der Waals surface area (Å²) in [6.45, 7) is 1.86. The predicted octanol–water partition coefficient (Wildman–Crippen LogP) is 3.38. The molecule has 7 heteroatoms. The average molecular weight is 369 g/mol. The Kier molecular flexibility index (Phi) is 5.80. The Labute approximate surface area is 156 Å². The first-order chi connectivity index (χ1) is 13.1. The van der Waals surface area contributed by atoms with Crippen molar-refractivity contribution < 1.29 is 18.4 Å². The number of aromatic nitrogens is 2. The highest BCUT2D eigenvalue weighted by Gasteiger charge is 2.17. The average Bonchev–Trinajstić information content (AvgIpc) is 3.17. The smallest absolute Gasteiger partial charge is 0.246 e. The van der Waals surface area contributed by atoms with Gasteiger partial charge in [-0.05, 0) is 42.3 Å². The second kappa shape index (κ2) is 8.44. The Morgan fingerprint density at radius 2 is 1.96 bits per heavy atom. The fraction of sp³-hybridized carbons (Fsp3) is 0.250. The molecule has 0 aliphatic heterocycles. The molecule has 1 heterocycles. The van der Waals surface area contributed by atoms with Crippen LogP contribution in [0.3, 0.4) is 0 Å². The number of methoxy groups -OCH3 is 1. The largest absolute Gasteiger partial charge is 0.497 e. The number of benzene rings is 2. The highest BCUT2D eigenvalue weighted by Crippen LogP contribution is 2.19. The van der Waals surface area contributed by atoms with Crippen molar-refractivity contribution in [1.29, 1.82) is 0 Å². The van der Waals surface area contributed by atoms with Gasteiger partial charge in [-0.1, -0.05) is 30.3 Å². The Morgan fingerprint density at radius 3 is 2.67 bits per heavy atom. The molecule has 27 heavy (non-hydrogen) atoms. The minimum Gasteiger partial charge on any atom is -0.497 e. The van der Waals surface area contributed by atoms with Crippen molar-refractivity contribution >= 4 is 5.91 Å². The molecule has 3 rings (SSSR count). The molecule has 0 saturated carbocycles. The summed E-state index contributed by atoms with van der Waals surface area (Å²) >= 11 is 0. The van der Waals surface area contributed by atoms with Crippen LogP contribution in [0.1, 0.15) is 18.4 Å². The van der Waals surface area contributed by atoms with E-state index in [1.165, 1.54) is 6.07 Å². The van der Waals surface area contributed by atoms with Crippen LogP contribution in [-0.2, 0) is 17.8 Å². The zero-order chi connectivity index (χ0) is 19.2. The number of halogens is 1. The number of ether oxygens (including phenoxy) is 1.